The van der Waals surface area contributed by atoms with Crippen molar-refractivity contribution in [1.29, 1.82) is 0 Å². The summed E-state index contributed by atoms with van der Waals surface area (Å²) in [5, 5.41) is 11.8. The molecule has 4 N–H and O–H groups in total. The van der Waals surface area contributed by atoms with Gasteiger partial charge in [-0.15, -0.1) is 0 Å². The van der Waals surface area contributed by atoms with E-state index < -0.39 is 0 Å². The topological polar surface area (TPSA) is 104 Å². The molecule has 35 heavy (non-hydrogen) atoms. The second kappa shape index (κ2) is 18.5. The Bertz CT molecular complexity index is 925. The minimum Gasteiger partial charge on any atom is -0.394 e. The Morgan fingerprint density at radius 2 is 1.97 bits per heavy atom. The van der Waals surface area contributed by atoms with Gasteiger partial charge in [-0.05, 0) is 75.2 Å². The standard InChI is InChI=1S/C14H19N3O.C13H18N2O2/c1-4-5-6-14(17-11-10-16-3)13(8-12-18)7-9-15-2;1-14-11-6-4-10(5-7-11)13(16)15-9-12-3-2-8-17-12/h4-12,15,17H,3H2,1-2H3;4-7,12,14H,2-3,8-9H2,1H3,(H,15,16)/b5-4-,9-7-,11-10-,13-8+,14-6-;. The van der Waals surface area contributed by atoms with Gasteiger partial charge in [-0.3, -0.25) is 14.6 Å². The molecule has 1 aromatic carbocycles. The molecule has 0 aliphatic carbocycles. The minimum atomic E-state index is -0.0387. The number of aliphatic imine (C=N–C) groups is 1. The third-order valence-corrected chi connectivity index (χ3v) is 4.81. The molecule has 0 bridgehead atoms. The molecule has 1 amide bonds. The van der Waals surface area contributed by atoms with Crippen molar-refractivity contribution >= 4 is 24.6 Å². The SMILES string of the molecule is C=N/C=C\NC(=C\C=C/C)/C(/C=C\NC)=C/C=O.CNc1ccc(C(=O)NCC2CCCO2)cc1. The predicted molar refractivity (Wildman–Crippen MR) is 144 cm³/mol. The minimum absolute atomic E-state index is 0.0387. The molecule has 1 saturated heterocycles. The van der Waals surface area contributed by atoms with Gasteiger partial charge in [-0.1, -0.05) is 12.2 Å². The molecular weight excluding hydrogens is 442 g/mol. The first-order valence-corrected chi connectivity index (χ1v) is 11.5. The maximum atomic E-state index is 11.8. The largest absolute Gasteiger partial charge is 0.394 e. The van der Waals surface area contributed by atoms with Crippen LogP contribution in [0.1, 0.15) is 30.1 Å². The predicted octanol–water partition coefficient (Wildman–Crippen LogP) is 3.70. The van der Waals surface area contributed by atoms with Gasteiger partial charge in [0.1, 0.15) is 6.29 Å². The van der Waals surface area contributed by atoms with Gasteiger partial charge in [-0.25, -0.2) is 0 Å². The van der Waals surface area contributed by atoms with Crippen LogP contribution >= 0.6 is 0 Å². The number of anilines is 1. The Morgan fingerprint density at radius 3 is 2.54 bits per heavy atom. The Labute approximate surface area is 208 Å². The van der Waals surface area contributed by atoms with E-state index in [2.05, 4.69) is 33.0 Å². The fourth-order valence-electron chi connectivity index (χ4n) is 2.98. The van der Waals surface area contributed by atoms with E-state index in [4.69, 9.17) is 4.74 Å². The summed E-state index contributed by atoms with van der Waals surface area (Å²) in [6.07, 6.45) is 16.9. The van der Waals surface area contributed by atoms with Crippen molar-refractivity contribution in [2.24, 2.45) is 4.99 Å². The number of allylic oxidation sites excluding steroid dienone is 5. The van der Waals surface area contributed by atoms with E-state index in [1.165, 1.54) is 12.3 Å². The number of carbonyl (C=O) groups is 2. The number of nitrogens with one attached hydrogen (secondary N) is 4. The maximum Gasteiger partial charge on any atom is 0.251 e. The lowest BCUT2D eigenvalue weighted by Gasteiger charge is -2.11. The Kier molecular flexibility index (Phi) is 15.4. The highest BCUT2D eigenvalue weighted by Gasteiger charge is 2.16. The molecule has 1 aliphatic heterocycles. The first-order valence-electron chi connectivity index (χ1n) is 11.5. The summed E-state index contributed by atoms with van der Waals surface area (Å²) in [6, 6.07) is 7.41. The maximum absolute atomic E-state index is 11.8. The van der Waals surface area contributed by atoms with E-state index in [-0.39, 0.29) is 12.0 Å². The molecule has 1 aliphatic rings. The number of benzene rings is 1. The number of ether oxygens (including phenoxy) is 1. The lowest BCUT2D eigenvalue weighted by atomic mass is 10.1. The summed E-state index contributed by atoms with van der Waals surface area (Å²) in [5.74, 6) is -0.0387. The van der Waals surface area contributed by atoms with E-state index in [1.807, 2.05) is 56.5 Å². The molecule has 1 fully saturated rings. The molecule has 1 heterocycles. The molecule has 0 saturated carbocycles. The zero-order valence-electron chi connectivity index (χ0n) is 20.8. The van der Waals surface area contributed by atoms with Crippen LogP contribution in [0.4, 0.5) is 5.69 Å². The van der Waals surface area contributed by atoms with Gasteiger partial charge >= 0.3 is 0 Å². The average Bonchev–Trinajstić information content (AvgIpc) is 3.41. The van der Waals surface area contributed by atoms with Crippen LogP contribution in [-0.2, 0) is 9.53 Å². The Morgan fingerprint density at radius 1 is 1.20 bits per heavy atom. The van der Waals surface area contributed by atoms with Crippen molar-refractivity contribution in [1.82, 2.24) is 16.0 Å². The quantitative estimate of drug-likeness (QED) is 0.158. The third kappa shape index (κ3) is 12.2. The fourth-order valence-corrected chi connectivity index (χ4v) is 2.98. The number of amides is 1. The van der Waals surface area contributed by atoms with Crippen molar-refractivity contribution in [3.05, 3.63) is 90.1 Å². The number of hydrogen-bond acceptors (Lipinski definition) is 7. The molecule has 0 aromatic heterocycles. The average molecular weight is 480 g/mol. The summed E-state index contributed by atoms with van der Waals surface area (Å²) in [7, 11) is 3.64. The van der Waals surface area contributed by atoms with Crippen LogP contribution in [0.25, 0.3) is 0 Å². The van der Waals surface area contributed by atoms with Crippen LogP contribution in [-0.4, -0.2) is 52.3 Å². The molecule has 1 aromatic rings. The van der Waals surface area contributed by atoms with Gasteiger partial charge in [0.05, 0.1) is 6.10 Å². The van der Waals surface area contributed by atoms with E-state index in [9.17, 15) is 9.59 Å². The monoisotopic (exact) mass is 479 g/mol. The van der Waals surface area contributed by atoms with Crippen molar-refractivity contribution in [3.8, 4) is 0 Å². The second-order valence-corrected chi connectivity index (χ2v) is 7.30. The van der Waals surface area contributed by atoms with Crippen molar-refractivity contribution < 1.29 is 14.3 Å². The zero-order chi connectivity index (χ0) is 25.7. The van der Waals surface area contributed by atoms with E-state index in [0.717, 1.165) is 42.7 Å². The highest BCUT2D eigenvalue weighted by atomic mass is 16.5. The van der Waals surface area contributed by atoms with Gasteiger partial charge in [0.25, 0.3) is 5.91 Å². The summed E-state index contributed by atoms with van der Waals surface area (Å²) < 4.78 is 5.45. The summed E-state index contributed by atoms with van der Waals surface area (Å²) in [6.45, 7) is 6.68. The van der Waals surface area contributed by atoms with Crippen LogP contribution < -0.4 is 21.3 Å². The Hall–Kier alpha value is -3.91. The lowest BCUT2D eigenvalue weighted by molar-refractivity contribution is -0.104. The van der Waals surface area contributed by atoms with E-state index in [0.29, 0.717) is 12.1 Å². The van der Waals surface area contributed by atoms with Gasteiger partial charge in [0, 0.05) is 62.2 Å². The molecule has 1 atom stereocenters. The van der Waals surface area contributed by atoms with Crippen molar-refractivity contribution in [2.75, 3.05) is 32.6 Å². The number of aldehydes is 1. The number of hydrogen-bond donors (Lipinski definition) is 4. The lowest BCUT2D eigenvalue weighted by Crippen LogP contribution is -2.31. The highest BCUT2D eigenvalue weighted by Crippen LogP contribution is 2.12. The van der Waals surface area contributed by atoms with E-state index in [1.54, 1.807) is 25.5 Å². The first kappa shape index (κ1) is 29.1. The molecule has 1 unspecified atom stereocenters. The normalized spacial score (nSPS) is 16.1. The number of rotatable bonds is 12. The Balaban J connectivity index is 0.000000350. The molecule has 188 valence electrons. The summed E-state index contributed by atoms with van der Waals surface area (Å²) in [4.78, 5) is 26.0. The summed E-state index contributed by atoms with van der Waals surface area (Å²) >= 11 is 0. The molecule has 0 radical (unpaired) electrons. The molecule has 8 heteroatoms. The van der Waals surface area contributed by atoms with Gasteiger partial charge in [0.15, 0.2) is 0 Å². The molecule has 0 spiro atoms. The first-order chi connectivity index (χ1) is 17.1. The smallest absolute Gasteiger partial charge is 0.251 e. The van der Waals surface area contributed by atoms with Crippen molar-refractivity contribution in [2.45, 2.75) is 25.9 Å². The van der Waals surface area contributed by atoms with E-state index >= 15 is 0 Å². The van der Waals surface area contributed by atoms with Crippen LogP contribution in [0.2, 0.25) is 0 Å². The summed E-state index contributed by atoms with van der Waals surface area (Å²) in [5.41, 5.74) is 3.22. The highest BCUT2D eigenvalue weighted by molar-refractivity contribution is 5.94. The molecule has 2 rings (SSSR count). The zero-order valence-corrected chi connectivity index (χ0v) is 20.8. The number of nitrogens with zero attached hydrogens (tertiary/aromatic N) is 1. The van der Waals surface area contributed by atoms with Crippen LogP contribution in [0.3, 0.4) is 0 Å². The number of carbonyl (C=O) groups excluding carboxylic acids is 2. The van der Waals surface area contributed by atoms with Gasteiger partial charge in [-0.2, -0.15) is 0 Å². The van der Waals surface area contributed by atoms with Crippen molar-refractivity contribution in [3.63, 3.8) is 0 Å². The second-order valence-electron chi connectivity index (χ2n) is 7.30. The van der Waals surface area contributed by atoms with Crippen LogP contribution in [0, 0.1) is 0 Å². The van der Waals surface area contributed by atoms with Crippen LogP contribution in [0.5, 0.6) is 0 Å². The van der Waals surface area contributed by atoms with Gasteiger partial charge in [0.2, 0.25) is 0 Å². The van der Waals surface area contributed by atoms with Gasteiger partial charge < -0.3 is 26.0 Å². The van der Waals surface area contributed by atoms with Crippen LogP contribution in [0.15, 0.2) is 89.5 Å². The fraction of sp³-hybridized carbons (Fsp3) is 0.296. The molecule has 8 nitrogen and oxygen atoms in total. The third-order valence-electron chi connectivity index (χ3n) is 4.81. The molecular formula is C27H37N5O3.